The van der Waals surface area contributed by atoms with E-state index in [4.69, 9.17) is 33.2 Å². The number of hydrogen-bond acceptors (Lipinski definition) is 7. The van der Waals surface area contributed by atoms with E-state index in [2.05, 4.69) is 6.58 Å². The molecule has 3 aliphatic heterocycles. The van der Waals surface area contributed by atoms with Gasteiger partial charge in [-0.3, -0.25) is 0 Å². The van der Waals surface area contributed by atoms with Gasteiger partial charge in [0.15, 0.2) is 11.6 Å². The Labute approximate surface area is 184 Å². The van der Waals surface area contributed by atoms with Crippen LogP contribution in [-0.4, -0.2) is 61.9 Å². The third kappa shape index (κ3) is 5.13. The van der Waals surface area contributed by atoms with E-state index in [1.165, 1.54) is 0 Å². The fourth-order valence-corrected chi connectivity index (χ4v) is 4.59. The molecular formula is C24H34O7. The van der Waals surface area contributed by atoms with Crippen LogP contribution in [0.5, 0.6) is 5.75 Å². The molecule has 1 aromatic rings. The lowest BCUT2D eigenvalue weighted by Crippen LogP contribution is -2.55. The molecule has 0 amide bonds. The van der Waals surface area contributed by atoms with Crippen LogP contribution in [0.15, 0.2) is 36.9 Å². The van der Waals surface area contributed by atoms with Crippen molar-refractivity contribution in [2.75, 3.05) is 13.7 Å². The van der Waals surface area contributed by atoms with Crippen LogP contribution in [0, 0.1) is 0 Å². The van der Waals surface area contributed by atoms with Crippen molar-refractivity contribution in [2.24, 2.45) is 0 Å². The lowest BCUT2D eigenvalue weighted by atomic mass is 9.92. The monoisotopic (exact) mass is 434 g/mol. The summed E-state index contributed by atoms with van der Waals surface area (Å²) in [6, 6.07) is 7.82. The van der Waals surface area contributed by atoms with E-state index in [1.54, 1.807) is 7.11 Å². The summed E-state index contributed by atoms with van der Waals surface area (Å²) in [5.74, 6) is -0.587. The zero-order valence-electron chi connectivity index (χ0n) is 19.0. The first kappa shape index (κ1) is 22.7. The van der Waals surface area contributed by atoms with E-state index >= 15 is 0 Å². The average molecular weight is 435 g/mol. The molecule has 1 aromatic carbocycles. The minimum absolute atomic E-state index is 0.0788. The molecule has 0 spiro atoms. The molecule has 6 atom stereocenters. The van der Waals surface area contributed by atoms with Gasteiger partial charge in [0, 0.05) is 6.42 Å². The Hall–Kier alpha value is -1.48. The maximum atomic E-state index is 6.34. The minimum atomic E-state index is -0.742. The first-order chi connectivity index (χ1) is 14.7. The smallest absolute Gasteiger partial charge is 0.164 e. The number of fused-ring (bicyclic) bond motifs is 1. The van der Waals surface area contributed by atoms with Crippen molar-refractivity contribution in [3.8, 4) is 5.75 Å². The van der Waals surface area contributed by atoms with Gasteiger partial charge in [0.05, 0.1) is 32.5 Å². The molecule has 172 valence electrons. The number of ether oxygens (including phenoxy) is 7. The second-order valence-electron chi connectivity index (χ2n) is 9.25. The molecule has 0 saturated carbocycles. The number of methoxy groups -OCH3 is 1. The molecule has 7 nitrogen and oxygen atoms in total. The van der Waals surface area contributed by atoms with Crippen LogP contribution in [-0.2, 0) is 35.0 Å². The highest BCUT2D eigenvalue weighted by Crippen LogP contribution is 2.42. The van der Waals surface area contributed by atoms with Crippen molar-refractivity contribution in [1.29, 1.82) is 0 Å². The van der Waals surface area contributed by atoms with Gasteiger partial charge in [-0.1, -0.05) is 18.2 Å². The first-order valence-corrected chi connectivity index (χ1v) is 10.9. The largest absolute Gasteiger partial charge is 0.497 e. The highest BCUT2D eigenvalue weighted by molar-refractivity contribution is 5.26. The Bertz CT molecular complexity index is 760. The van der Waals surface area contributed by atoms with E-state index in [1.807, 2.05) is 58.0 Å². The fourth-order valence-electron chi connectivity index (χ4n) is 4.59. The molecule has 0 aliphatic carbocycles. The Balaban J connectivity index is 1.45. The first-order valence-electron chi connectivity index (χ1n) is 10.9. The van der Waals surface area contributed by atoms with Crippen molar-refractivity contribution < 1.29 is 33.2 Å². The van der Waals surface area contributed by atoms with Crippen molar-refractivity contribution in [1.82, 2.24) is 0 Å². The van der Waals surface area contributed by atoms with Crippen LogP contribution in [0.3, 0.4) is 0 Å². The summed E-state index contributed by atoms with van der Waals surface area (Å²) < 4.78 is 42.4. The Morgan fingerprint density at radius 1 is 0.968 bits per heavy atom. The SMILES string of the molecule is C=C[C@@H]1C[C@@H]2OC(C)(C)O[C@@H]2[C@H]([C@@H]2OC(C)(C)O[C@H]2COCc2ccc(OC)cc2)O1. The van der Waals surface area contributed by atoms with Gasteiger partial charge in [-0.05, 0) is 45.4 Å². The van der Waals surface area contributed by atoms with Gasteiger partial charge in [0.1, 0.15) is 30.2 Å². The van der Waals surface area contributed by atoms with Crippen molar-refractivity contribution in [3.05, 3.63) is 42.5 Å². The van der Waals surface area contributed by atoms with Gasteiger partial charge in [0.2, 0.25) is 0 Å². The molecule has 31 heavy (non-hydrogen) atoms. The summed E-state index contributed by atoms with van der Waals surface area (Å²) >= 11 is 0. The molecule has 4 rings (SSSR count). The van der Waals surface area contributed by atoms with Crippen molar-refractivity contribution >= 4 is 0 Å². The van der Waals surface area contributed by atoms with Crippen molar-refractivity contribution in [2.45, 2.75) is 88.9 Å². The normalized spacial score (nSPS) is 36.2. The molecule has 0 unspecified atom stereocenters. The minimum Gasteiger partial charge on any atom is -0.497 e. The Kier molecular flexibility index (Phi) is 6.45. The zero-order chi connectivity index (χ0) is 22.2. The molecule has 0 bridgehead atoms. The molecule has 0 N–H and O–H groups in total. The molecule has 3 heterocycles. The Morgan fingerprint density at radius 3 is 2.32 bits per heavy atom. The lowest BCUT2D eigenvalue weighted by molar-refractivity contribution is -0.198. The summed E-state index contributed by atoms with van der Waals surface area (Å²) in [4.78, 5) is 0. The maximum absolute atomic E-state index is 6.34. The predicted molar refractivity (Wildman–Crippen MR) is 114 cm³/mol. The van der Waals surface area contributed by atoms with Crippen LogP contribution in [0.1, 0.15) is 39.7 Å². The quantitative estimate of drug-likeness (QED) is 0.608. The zero-order valence-corrected chi connectivity index (χ0v) is 19.0. The van der Waals surface area contributed by atoms with Crippen LogP contribution in [0.25, 0.3) is 0 Å². The summed E-state index contributed by atoms with van der Waals surface area (Å²) in [7, 11) is 1.65. The summed E-state index contributed by atoms with van der Waals surface area (Å²) in [5, 5.41) is 0. The highest BCUT2D eigenvalue weighted by atomic mass is 16.8. The van der Waals surface area contributed by atoms with Crippen molar-refractivity contribution in [3.63, 3.8) is 0 Å². The number of rotatable bonds is 7. The molecule has 3 saturated heterocycles. The Morgan fingerprint density at radius 2 is 1.65 bits per heavy atom. The topological polar surface area (TPSA) is 64.6 Å². The average Bonchev–Trinajstić information content (AvgIpc) is 3.21. The second kappa shape index (κ2) is 8.81. The van der Waals surface area contributed by atoms with Crippen LogP contribution >= 0.6 is 0 Å². The highest BCUT2D eigenvalue weighted by Gasteiger charge is 2.56. The molecule has 7 heteroatoms. The van der Waals surface area contributed by atoms with E-state index in [9.17, 15) is 0 Å². The standard InChI is InChI=1S/C24H34O7/c1-7-16-12-18-20(30-23(2,3)28-18)22(27-16)21-19(29-24(4,5)31-21)14-26-13-15-8-10-17(25-6)11-9-15/h7-11,16,18-22H,1,12-14H2,2-6H3/t16-,18+,19+,20+,21-,22-/m1/s1. The summed E-state index contributed by atoms with van der Waals surface area (Å²) in [5.41, 5.74) is 1.06. The molecule has 0 radical (unpaired) electrons. The number of benzene rings is 1. The third-order valence-corrected chi connectivity index (χ3v) is 5.86. The third-order valence-electron chi connectivity index (χ3n) is 5.86. The summed E-state index contributed by atoms with van der Waals surface area (Å²) in [6.07, 6.45) is 1.09. The van der Waals surface area contributed by atoms with Crippen LogP contribution in [0.2, 0.25) is 0 Å². The number of hydrogen-bond donors (Lipinski definition) is 0. The van der Waals surface area contributed by atoms with Crippen LogP contribution in [0.4, 0.5) is 0 Å². The predicted octanol–water partition coefficient (Wildman–Crippen LogP) is 3.60. The van der Waals surface area contributed by atoms with E-state index < -0.39 is 11.6 Å². The molecular weight excluding hydrogens is 400 g/mol. The van der Waals surface area contributed by atoms with Crippen LogP contribution < -0.4 is 4.74 Å². The fraction of sp³-hybridized carbons (Fsp3) is 0.667. The van der Waals surface area contributed by atoms with E-state index in [0.717, 1.165) is 11.3 Å². The molecule has 3 aliphatic rings. The second-order valence-corrected chi connectivity index (χ2v) is 9.25. The van der Waals surface area contributed by atoms with E-state index in [0.29, 0.717) is 19.6 Å². The molecule has 0 aromatic heterocycles. The van der Waals surface area contributed by atoms with Gasteiger partial charge in [-0.2, -0.15) is 0 Å². The molecule has 3 fully saturated rings. The van der Waals surface area contributed by atoms with Gasteiger partial charge in [-0.15, -0.1) is 6.58 Å². The van der Waals surface area contributed by atoms with Gasteiger partial charge in [0.25, 0.3) is 0 Å². The summed E-state index contributed by atoms with van der Waals surface area (Å²) in [6.45, 7) is 12.4. The lowest BCUT2D eigenvalue weighted by Gasteiger charge is -2.39. The van der Waals surface area contributed by atoms with Gasteiger partial charge < -0.3 is 33.2 Å². The van der Waals surface area contributed by atoms with Gasteiger partial charge >= 0.3 is 0 Å². The van der Waals surface area contributed by atoms with E-state index in [-0.39, 0.29) is 36.6 Å². The maximum Gasteiger partial charge on any atom is 0.164 e. The van der Waals surface area contributed by atoms with Gasteiger partial charge in [-0.25, -0.2) is 0 Å².